The van der Waals surface area contributed by atoms with Crippen molar-refractivity contribution in [3.63, 3.8) is 0 Å². The number of thioether (sulfide) groups is 1. The molecule has 4 atom stereocenters. The number of aromatic nitrogens is 3. The minimum absolute atomic E-state index is 0.0316. The molecular formula is C20H32N6O2S. The third-order valence-electron chi connectivity index (χ3n) is 6.66. The van der Waals surface area contributed by atoms with Gasteiger partial charge < -0.3 is 19.7 Å². The summed E-state index contributed by atoms with van der Waals surface area (Å²) in [6.07, 6.45) is 9.99. The second-order valence-electron chi connectivity index (χ2n) is 8.56. The van der Waals surface area contributed by atoms with Gasteiger partial charge in [-0.1, -0.05) is 0 Å². The van der Waals surface area contributed by atoms with Gasteiger partial charge in [-0.25, -0.2) is 0 Å². The highest BCUT2D eigenvalue weighted by molar-refractivity contribution is 7.98. The first kappa shape index (κ1) is 20.7. The second-order valence-corrected chi connectivity index (χ2v) is 9.54. The molecule has 2 amide bonds. The predicted molar refractivity (Wildman–Crippen MR) is 112 cm³/mol. The zero-order valence-electron chi connectivity index (χ0n) is 17.2. The van der Waals surface area contributed by atoms with Crippen molar-refractivity contribution in [1.82, 2.24) is 29.9 Å². The molecule has 3 aliphatic heterocycles. The molecule has 1 aromatic rings. The van der Waals surface area contributed by atoms with Gasteiger partial charge in [-0.3, -0.25) is 9.59 Å². The van der Waals surface area contributed by atoms with Crippen molar-refractivity contribution >= 4 is 23.6 Å². The fraction of sp³-hybridized carbons (Fsp3) is 0.800. The minimum atomic E-state index is -0.309. The molecule has 1 aromatic heterocycles. The molecule has 4 heterocycles. The molecule has 160 valence electrons. The standard InChI is InChI=1S/C20H32N6O2S/c1-29-9-8-24-11-15-10-16(12-24)19(26-17(15)4-2-5-18(26)27)20(28)21-6-3-7-25-13-22-23-14-25/h13-17,19H,2-12H2,1H3,(H,21,28)/t15-,16+,17+,19-/m1/s1. The van der Waals surface area contributed by atoms with Gasteiger partial charge >= 0.3 is 0 Å². The topological polar surface area (TPSA) is 83.4 Å². The molecule has 0 aromatic carbocycles. The number of rotatable bonds is 8. The van der Waals surface area contributed by atoms with Crippen LogP contribution in [-0.2, 0) is 16.1 Å². The number of fused-ring (bicyclic) bond motifs is 4. The largest absolute Gasteiger partial charge is 0.354 e. The molecule has 1 N–H and O–H groups in total. The van der Waals surface area contributed by atoms with E-state index in [1.165, 1.54) is 0 Å². The van der Waals surface area contributed by atoms with Crippen LogP contribution in [0.15, 0.2) is 12.7 Å². The number of nitrogens with zero attached hydrogens (tertiary/aromatic N) is 5. The summed E-state index contributed by atoms with van der Waals surface area (Å²) in [5, 5.41) is 10.7. The third kappa shape index (κ3) is 4.60. The highest BCUT2D eigenvalue weighted by atomic mass is 32.2. The fourth-order valence-corrected chi connectivity index (χ4v) is 5.85. The lowest BCUT2D eigenvalue weighted by Crippen LogP contribution is -2.68. The molecule has 8 nitrogen and oxygen atoms in total. The molecule has 3 aliphatic rings. The Hall–Kier alpha value is -1.61. The van der Waals surface area contributed by atoms with Gasteiger partial charge in [-0.2, -0.15) is 11.8 Å². The van der Waals surface area contributed by atoms with E-state index in [0.29, 0.717) is 18.9 Å². The number of hydrogen-bond acceptors (Lipinski definition) is 6. The van der Waals surface area contributed by atoms with Crippen LogP contribution in [0.2, 0.25) is 0 Å². The van der Waals surface area contributed by atoms with E-state index in [1.54, 1.807) is 12.7 Å². The maximum Gasteiger partial charge on any atom is 0.243 e. The van der Waals surface area contributed by atoms with Gasteiger partial charge in [-0.15, -0.1) is 10.2 Å². The summed E-state index contributed by atoms with van der Waals surface area (Å²) in [5.41, 5.74) is 0. The van der Waals surface area contributed by atoms with Crippen molar-refractivity contribution in [3.05, 3.63) is 12.7 Å². The van der Waals surface area contributed by atoms with Crippen molar-refractivity contribution in [2.45, 2.75) is 50.7 Å². The van der Waals surface area contributed by atoms with E-state index >= 15 is 0 Å². The molecule has 0 spiro atoms. The van der Waals surface area contributed by atoms with E-state index < -0.39 is 0 Å². The van der Waals surface area contributed by atoms with E-state index in [-0.39, 0.29) is 29.8 Å². The number of likely N-dealkylation sites (tertiary alicyclic amines) is 1. The average Bonchev–Trinajstić information content (AvgIpc) is 3.24. The fourth-order valence-electron chi connectivity index (χ4n) is 5.41. The van der Waals surface area contributed by atoms with Crippen molar-refractivity contribution < 1.29 is 9.59 Å². The molecule has 0 radical (unpaired) electrons. The van der Waals surface area contributed by atoms with Gasteiger partial charge in [0.25, 0.3) is 0 Å². The van der Waals surface area contributed by atoms with Gasteiger partial charge in [0.15, 0.2) is 0 Å². The lowest BCUT2D eigenvalue weighted by molar-refractivity contribution is -0.160. The second kappa shape index (κ2) is 9.47. The molecule has 3 fully saturated rings. The number of carbonyl (C=O) groups excluding carboxylic acids is 2. The van der Waals surface area contributed by atoms with Gasteiger partial charge in [-0.05, 0) is 37.9 Å². The van der Waals surface area contributed by atoms with Gasteiger partial charge in [0, 0.05) is 56.9 Å². The predicted octanol–water partition coefficient (Wildman–Crippen LogP) is 0.849. The molecule has 29 heavy (non-hydrogen) atoms. The Morgan fingerprint density at radius 3 is 2.83 bits per heavy atom. The summed E-state index contributed by atoms with van der Waals surface area (Å²) in [4.78, 5) is 30.6. The van der Waals surface area contributed by atoms with Crippen molar-refractivity contribution in [1.29, 1.82) is 0 Å². The lowest BCUT2D eigenvalue weighted by Gasteiger charge is -2.56. The quantitative estimate of drug-likeness (QED) is 0.628. The third-order valence-corrected chi connectivity index (χ3v) is 7.25. The maximum absolute atomic E-state index is 13.2. The van der Waals surface area contributed by atoms with Crippen LogP contribution in [0.1, 0.15) is 32.1 Å². The number of hydrogen-bond donors (Lipinski definition) is 1. The Labute approximate surface area is 176 Å². The Bertz CT molecular complexity index is 699. The minimum Gasteiger partial charge on any atom is -0.354 e. The first-order valence-corrected chi connectivity index (χ1v) is 12.2. The van der Waals surface area contributed by atoms with E-state index in [4.69, 9.17) is 0 Å². The number of amides is 2. The number of carbonyl (C=O) groups is 2. The van der Waals surface area contributed by atoms with Crippen LogP contribution in [0.5, 0.6) is 0 Å². The number of nitrogens with one attached hydrogen (secondary N) is 1. The smallest absolute Gasteiger partial charge is 0.243 e. The zero-order chi connectivity index (χ0) is 20.2. The van der Waals surface area contributed by atoms with Gasteiger partial charge in [0.05, 0.1) is 0 Å². The Morgan fingerprint density at radius 2 is 2.03 bits per heavy atom. The summed E-state index contributed by atoms with van der Waals surface area (Å²) in [7, 11) is 0. The highest BCUT2D eigenvalue weighted by Gasteiger charge is 2.51. The van der Waals surface area contributed by atoms with Gasteiger partial charge in [0.2, 0.25) is 11.8 Å². The summed E-state index contributed by atoms with van der Waals surface area (Å²) in [5.74, 6) is 2.08. The summed E-state index contributed by atoms with van der Waals surface area (Å²) >= 11 is 1.87. The van der Waals surface area contributed by atoms with Crippen molar-refractivity contribution in [2.75, 3.05) is 38.2 Å². The molecule has 9 heteroatoms. The molecule has 2 bridgehead atoms. The van der Waals surface area contributed by atoms with Crippen LogP contribution in [0.4, 0.5) is 0 Å². The number of piperidine rings is 3. The molecule has 0 unspecified atom stereocenters. The monoisotopic (exact) mass is 420 g/mol. The SMILES string of the molecule is CSCCN1C[C@H]2C[C@@H](C1)[C@H](C(=O)NCCCn1cnnc1)N1C(=O)CCC[C@@H]21. The molecular weight excluding hydrogens is 388 g/mol. The van der Waals surface area contributed by atoms with Crippen LogP contribution in [-0.4, -0.2) is 86.6 Å². The van der Waals surface area contributed by atoms with Crippen molar-refractivity contribution in [2.24, 2.45) is 11.8 Å². The average molecular weight is 421 g/mol. The highest BCUT2D eigenvalue weighted by Crippen LogP contribution is 2.41. The summed E-state index contributed by atoms with van der Waals surface area (Å²) < 4.78 is 1.91. The van der Waals surface area contributed by atoms with E-state index in [0.717, 1.165) is 57.6 Å². The molecule has 4 rings (SSSR count). The van der Waals surface area contributed by atoms with Crippen LogP contribution in [0, 0.1) is 11.8 Å². The normalized spacial score (nSPS) is 29.6. The molecule has 3 saturated heterocycles. The van der Waals surface area contributed by atoms with E-state index in [2.05, 4.69) is 26.7 Å². The van der Waals surface area contributed by atoms with Crippen LogP contribution in [0.25, 0.3) is 0 Å². The van der Waals surface area contributed by atoms with Crippen LogP contribution in [0.3, 0.4) is 0 Å². The molecule has 0 aliphatic carbocycles. The summed E-state index contributed by atoms with van der Waals surface area (Å²) in [6.45, 7) is 4.44. The van der Waals surface area contributed by atoms with Gasteiger partial charge in [0.1, 0.15) is 18.7 Å². The van der Waals surface area contributed by atoms with E-state index in [9.17, 15) is 9.59 Å². The van der Waals surface area contributed by atoms with Crippen molar-refractivity contribution in [3.8, 4) is 0 Å². The van der Waals surface area contributed by atoms with Crippen LogP contribution >= 0.6 is 11.8 Å². The Kier molecular flexibility index (Phi) is 6.74. The first-order chi connectivity index (χ1) is 14.2. The molecule has 0 saturated carbocycles. The van der Waals surface area contributed by atoms with Crippen LogP contribution < -0.4 is 5.32 Å². The summed E-state index contributed by atoms with van der Waals surface area (Å²) in [6, 6.07) is -0.0756. The maximum atomic E-state index is 13.2. The Balaban J connectivity index is 1.42. The van der Waals surface area contributed by atoms with E-state index in [1.807, 2.05) is 21.2 Å². The zero-order valence-corrected chi connectivity index (χ0v) is 18.0. The Morgan fingerprint density at radius 1 is 1.24 bits per heavy atom. The first-order valence-electron chi connectivity index (χ1n) is 10.8. The number of aryl methyl sites for hydroxylation is 1. The lowest BCUT2D eigenvalue weighted by atomic mass is 9.71.